The highest BCUT2D eigenvalue weighted by atomic mass is 16.5. The van der Waals surface area contributed by atoms with Crippen LogP contribution in [0.3, 0.4) is 0 Å². The molecule has 6 nitrogen and oxygen atoms in total. The zero-order chi connectivity index (χ0) is 17.1. The third-order valence-electron chi connectivity index (χ3n) is 4.99. The summed E-state index contributed by atoms with van der Waals surface area (Å²) in [5.74, 6) is 1.39. The number of ether oxygens (including phenoxy) is 1. The molecule has 2 aromatic heterocycles. The SMILES string of the molecule is COc1cccc(-c2cn[nH]c2C2CCN(Cc3cnc[nH]3)CC2)c1. The van der Waals surface area contributed by atoms with Crippen LogP contribution in [0, 0.1) is 0 Å². The molecule has 2 N–H and O–H groups in total. The van der Waals surface area contributed by atoms with Crippen molar-refractivity contribution >= 4 is 0 Å². The quantitative estimate of drug-likeness (QED) is 0.750. The number of imidazole rings is 1. The van der Waals surface area contributed by atoms with Gasteiger partial charge in [0.2, 0.25) is 0 Å². The highest BCUT2D eigenvalue weighted by Crippen LogP contribution is 2.35. The van der Waals surface area contributed by atoms with Crippen molar-refractivity contribution in [2.75, 3.05) is 20.2 Å². The molecule has 0 atom stereocenters. The van der Waals surface area contributed by atoms with Crippen molar-refractivity contribution in [3.05, 3.63) is 54.4 Å². The first-order valence-corrected chi connectivity index (χ1v) is 8.71. The number of hydrogen-bond acceptors (Lipinski definition) is 4. The predicted octanol–water partition coefficient (Wildman–Crippen LogP) is 3.19. The number of piperidine rings is 1. The second-order valence-electron chi connectivity index (χ2n) is 6.56. The van der Waals surface area contributed by atoms with E-state index in [1.165, 1.54) is 17.0 Å². The number of nitrogens with zero attached hydrogens (tertiary/aromatic N) is 3. The zero-order valence-corrected chi connectivity index (χ0v) is 14.4. The van der Waals surface area contributed by atoms with E-state index in [1.54, 1.807) is 13.4 Å². The van der Waals surface area contributed by atoms with E-state index in [9.17, 15) is 0 Å². The number of likely N-dealkylation sites (tertiary alicyclic amines) is 1. The summed E-state index contributed by atoms with van der Waals surface area (Å²) >= 11 is 0. The van der Waals surface area contributed by atoms with Crippen LogP contribution in [0.5, 0.6) is 5.75 Å². The molecular weight excluding hydrogens is 314 g/mol. The summed E-state index contributed by atoms with van der Waals surface area (Å²) in [6.45, 7) is 3.11. The second kappa shape index (κ2) is 7.11. The van der Waals surface area contributed by atoms with Crippen molar-refractivity contribution in [1.82, 2.24) is 25.1 Å². The van der Waals surface area contributed by atoms with E-state index in [4.69, 9.17) is 4.74 Å². The van der Waals surface area contributed by atoms with Crippen molar-refractivity contribution in [2.24, 2.45) is 0 Å². The predicted molar refractivity (Wildman–Crippen MR) is 96.4 cm³/mol. The minimum Gasteiger partial charge on any atom is -0.497 e. The van der Waals surface area contributed by atoms with Gasteiger partial charge in [-0.2, -0.15) is 5.10 Å². The Bertz CT molecular complexity index is 803. The molecule has 0 amide bonds. The van der Waals surface area contributed by atoms with Crippen LogP contribution in [0.15, 0.2) is 43.0 Å². The number of aromatic amines is 2. The van der Waals surface area contributed by atoms with Crippen LogP contribution in [-0.2, 0) is 6.54 Å². The van der Waals surface area contributed by atoms with Gasteiger partial charge in [0.25, 0.3) is 0 Å². The highest BCUT2D eigenvalue weighted by Gasteiger charge is 2.24. The van der Waals surface area contributed by atoms with E-state index in [-0.39, 0.29) is 0 Å². The molecule has 3 heterocycles. The third-order valence-corrected chi connectivity index (χ3v) is 4.99. The minimum absolute atomic E-state index is 0.515. The lowest BCUT2D eigenvalue weighted by Crippen LogP contribution is -2.32. The molecule has 0 saturated carbocycles. The Morgan fingerprint density at radius 2 is 2.12 bits per heavy atom. The molecule has 0 unspecified atom stereocenters. The molecule has 4 rings (SSSR count). The Morgan fingerprint density at radius 1 is 1.24 bits per heavy atom. The van der Waals surface area contributed by atoms with Gasteiger partial charge < -0.3 is 9.72 Å². The van der Waals surface area contributed by atoms with E-state index in [0.717, 1.165) is 43.8 Å². The monoisotopic (exact) mass is 337 g/mol. The van der Waals surface area contributed by atoms with Gasteiger partial charge in [-0.05, 0) is 43.6 Å². The maximum atomic E-state index is 5.36. The van der Waals surface area contributed by atoms with Gasteiger partial charge in [-0.3, -0.25) is 10.00 Å². The Hall–Kier alpha value is -2.60. The zero-order valence-electron chi connectivity index (χ0n) is 14.4. The molecular formula is C19H23N5O. The minimum atomic E-state index is 0.515. The summed E-state index contributed by atoms with van der Waals surface area (Å²) in [7, 11) is 1.70. The molecule has 3 aromatic rings. The van der Waals surface area contributed by atoms with Crippen LogP contribution in [0.1, 0.15) is 30.1 Å². The lowest BCUT2D eigenvalue weighted by molar-refractivity contribution is 0.201. The molecule has 1 aliphatic heterocycles. The standard InChI is InChI=1S/C19H23N5O/c1-25-17-4-2-3-15(9-17)18-11-22-23-19(18)14-5-7-24(8-6-14)12-16-10-20-13-21-16/h2-4,9-11,13-14H,5-8,12H2,1H3,(H,20,21)(H,22,23). The fourth-order valence-electron chi connectivity index (χ4n) is 3.62. The summed E-state index contributed by atoms with van der Waals surface area (Å²) in [5.41, 5.74) is 4.76. The van der Waals surface area contributed by atoms with Gasteiger partial charge >= 0.3 is 0 Å². The van der Waals surface area contributed by atoms with Gasteiger partial charge in [0.1, 0.15) is 5.75 Å². The topological polar surface area (TPSA) is 69.8 Å². The first-order chi connectivity index (χ1) is 12.3. The molecule has 1 saturated heterocycles. The second-order valence-corrected chi connectivity index (χ2v) is 6.56. The van der Waals surface area contributed by atoms with E-state index >= 15 is 0 Å². The van der Waals surface area contributed by atoms with E-state index in [0.29, 0.717) is 5.92 Å². The summed E-state index contributed by atoms with van der Waals surface area (Å²) in [6.07, 6.45) is 7.84. The fraction of sp³-hybridized carbons (Fsp3) is 0.368. The third kappa shape index (κ3) is 3.44. The van der Waals surface area contributed by atoms with Crippen molar-refractivity contribution < 1.29 is 4.74 Å². The van der Waals surface area contributed by atoms with Gasteiger partial charge in [-0.25, -0.2) is 4.98 Å². The van der Waals surface area contributed by atoms with E-state index in [2.05, 4.69) is 37.2 Å². The Kier molecular flexibility index (Phi) is 4.52. The molecule has 1 aromatic carbocycles. The highest BCUT2D eigenvalue weighted by molar-refractivity contribution is 5.67. The number of aromatic nitrogens is 4. The van der Waals surface area contributed by atoms with Crippen molar-refractivity contribution in [1.29, 1.82) is 0 Å². The van der Waals surface area contributed by atoms with Crippen molar-refractivity contribution in [3.8, 4) is 16.9 Å². The Labute approximate surface area is 147 Å². The van der Waals surface area contributed by atoms with Gasteiger partial charge in [0.05, 0.1) is 19.6 Å². The maximum Gasteiger partial charge on any atom is 0.119 e. The van der Waals surface area contributed by atoms with Gasteiger partial charge in [0, 0.05) is 35.6 Å². The molecule has 6 heteroatoms. The lowest BCUT2D eigenvalue weighted by atomic mass is 9.89. The van der Waals surface area contributed by atoms with E-state index < -0.39 is 0 Å². The van der Waals surface area contributed by atoms with Crippen molar-refractivity contribution in [2.45, 2.75) is 25.3 Å². The number of nitrogens with one attached hydrogen (secondary N) is 2. The molecule has 130 valence electrons. The normalized spacial score (nSPS) is 16.2. The maximum absolute atomic E-state index is 5.36. The lowest BCUT2D eigenvalue weighted by Gasteiger charge is -2.31. The van der Waals surface area contributed by atoms with Crippen LogP contribution < -0.4 is 4.74 Å². The summed E-state index contributed by atoms with van der Waals surface area (Å²) in [6, 6.07) is 8.18. The van der Waals surface area contributed by atoms with Crippen molar-refractivity contribution in [3.63, 3.8) is 0 Å². The average Bonchev–Trinajstić information content (AvgIpc) is 3.34. The number of rotatable bonds is 5. The first-order valence-electron chi connectivity index (χ1n) is 8.71. The van der Waals surface area contributed by atoms with Gasteiger partial charge in [-0.15, -0.1) is 0 Å². The van der Waals surface area contributed by atoms with E-state index in [1.807, 2.05) is 24.5 Å². The van der Waals surface area contributed by atoms with Gasteiger partial charge in [-0.1, -0.05) is 12.1 Å². The molecule has 1 fully saturated rings. The van der Waals surface area contributed by atoms with Gasteiger partial charge in [0.15, 0.2) is 0 Å². The molecule has 1 aliphatic rings. The first kappa shape index (κ1) is 15.9. The van der Waals surface area contributed by atoms with Crippen LogP contribution >= 0.6 is 0 Å². The fourth-order valence-corrected chi connectivity index (χ4v) is 3.62. The van der Waals surface area contributed by atoms with Crippen LogP contribution in [-0.4, -0.2) is 45.3 Å². The number of benzene rings is 1. The van der Waals surface area contributed by atoms with Crippen LogP contribution in [0.4, 0.5) is 0 Å². The average molecular weight is 337 g/mol. The number of methoxy groups -OCH3 is 1. The molecule has 0 spiro atoms. The molecule has 0 radical (unpaired) electrons. The Morgan fingerprint density at radius 3 is 2.88 bits per heavy atom. The summed E-state index contributed by atoms with van der Waals surface area (Å²) in [5, 5.41) is 7.56. The smallest absolute Gasteiger partial charge is 0.119 e. The van der Waals surface area contributed by atoms with Crippen LogP contribution in [0.25, 0.3) is 11.1 Å². The molecule has 0 bridgehead atoms. The number of H-pyrrole nitrogens is 2. The Balaban J connectivity index is 1.46. The summed E-state index contributed by atoms with van der Waals surface area (Å²) in [4.78, 5) is 9.76. The number of hydrogen-bond donors (Lipinski definition) is 2. The van der Waals surface area contributed by atoms with Crippen LogP contribution in [0.2, 0.25) is 0 Å². The largest absolute Gasteiger partial charge is 0.497 e. The molecule has 25 heavy (non-hydrogen) atoms. The molecule has 0 aliphatic carbocycles. The summed E-state index contributed by atoms with van der Waals surface area (Å²) < 4.78 is 5.36.